The Labute approximate surface area is 137 Å². The first-order valence-corrected chi connectivity index (χ1v) is 7.60. The fourth-order valence-electron chi connectivity index (χ4n) is 3.25. The second-order valence-electron chi connectivity index (χ2n) is 6.10. The average Bonchev–Trinajstić information content (AvgIpc) is 3.19. The molecule has 1 aliphatic rings. The Hall–Kier alpha value is -3.02. The third-order valence-electron chi connectivity index (χ3n) is 4.17. The molecule has 0 spiro atoms. The van der Waals surface area contributed by atoms with E-state index in [1.54, 1.807) is 0 Å². The van der Waals surface area contributed by atoms with Crippen molar-refractivity contribution in [2.24, 2.45) is 4.99 Å². The molecule has 0 unspecified atom stereocenters. The number of rotatable bonds is 2. The molecule has 0 fully saturated rings. The standard InChI is InChI=1S/C18H16N2O4/c1-7-5-9(3)23-15(7)13-11-12(18(22)19-13)14(20-17(11)21)16-8(2)6-10(4)24-16/h5-6,19,22H,1-4H3. The van der Waals surface area contributed by atoms with Gasteiger partial charge in [0.1, 0.15) is 17.2 Å². The zero-order chi connectivity index (χ0) is 17.2. The minimum atomic E-state index is -0.423. The van der Waals surface area contributed by atoms with Crippen LogP contribution in [0.5, 0.6) is 5.88 Å². The highest BCUT2D eigenvalue weighted by molar-refractivity contribution is 6.29. The summed E-state index contributed by atoms with van der Waals surface area (Å²) in [7, 11) is 0. The zero-order valence-electron chi connectivity index (χ0n) is 13.8. The van der Waals surface area contributed by atoms with Gasteiger partial charge in [-0.25, -0.2) is 4.99 Å². The largest absolute Gasteiger partial charge is 0.494 e. The first-order valence-electron chi connectivity index (χ1n) is 7.60. The van der Waals surface area contributed by atoms with Crippen LogP contribution in [-0.4, -0.2) is 21.7 Å². The summed E-state index contributed by atoms with van der Waals surface area (Å²) in [6.45, 7) is 7.42. The molecular formula is C18H16N2O4. The van der Waals surface area contributed by atoms with Crippen molar-refractivity contribution < 1.29 is 18.7 Å². The van der Waals surface area contributed by atoms with Crippen molar-refractivity contribution in [2.75, 3.05) is 0 Å². The fraction of sp³-hybridized carbons (Fsp3) is 0.222. The van der Waals surface area contributed by atoms with Crippen molar-refractivity contribution in [3.8, 4) is 17.3 Å². The number of aromatic amines is 1. The Morgan fingerprint density at radius 3 is 2.08 bits per heavy atom. The molecule has 6 heteroatoms. The average molecular weight is 324 g/mol. The number of furan rings is 2. The molecule has 2 N–H and O–H groups in total. The van der Waals surface area contributed by atoms with Gasteiger partial charge in [0.2, 0.25) is 0 Å². The molecule has 0 saturated heterocycles. The van der Waals surface area contributed by atoms with Crippen LogP contribution in [-0.2, 0) is 0 Å². The van der Waals surface area contributed by atoms with Gasteiger partial charge in [-0.1, -0.05) is 0 Å². The molecule has 3 aromatic heterocycles. The van der Waals surface area contributed by atoms with E-state index in [2.05, 4.69) is 9.98 Å². The smallest absolute Gasteiger partial charge is 0.280 e. The molecule has 4 heterocycles. The molecule has 1 amide bonds. The number of aromatic nitrogens is 1. The highest BCUT2D eigenvalue weighted by Crippen LogP contribution is 2.40. The third-order valence-corrected chi connectivity index (χ3v) is 4.17. The van der Waals surface area contributed by atoms with Gasteiger partial charge in [-0.2, -0.15) is 0 Å². The Balaban J connectivity index is 1.94. The lowest BCUT2D eigenvalue weighted by Crippen LogP contribution is -2.00. The van der Waals surface area contributed by atoms with E-state index in [1.165, 1.54) is 0 Å². The highest BCUT2D eigenvalue weighted by Gasteiger charge is 2.36. The first kappa shape index (κ1) is 14.6. The molecular weight excluding hydrogens is 308 g/mol. The maximum atomic E-state index is 12.5. The summed E-state index contributed by atoms with van der Waals surface area (Å²) in [5.41, 5.74) is 3.20. The van der Waals surface area contributed by atoms with Gasteiger partial charge in [0.25, 0.3) is 5.91 Å². The first-order chi connectivity index (χ1) is 11.4. The second-order valence-corrected chi connectivity index (χ2v) is 6.10. The van der Waals surface area contributed by atoms with E-state index in [-0.39, 0.29) is 5.88 Å². The van der Waals surface area contributed by atoms with E-state index in [0.717, 1.165) is 22.6 Å². The minimum Gasteiger partial charge on any atom is -0.494 e. The predicted octanol–water partition coefficient (Wildman–Crippen LogP) is 3.80. The Morgan fingerprint density at radius 2 is 1.54 bits per heavy atom. The molecule has 1 aliphatic heterocycles. The monoisotopic (exact) mass is 324 g/mol. The SMILES string of the molecule is Cc1cc(C)c(C2=NC(=O)c3c(-c4oc(C)cc4C)[nH]c(O)c32)o1. The Kier molecular flexibility index (Phi) is 2.87. The molecule has 0 radical (unpaired) electrons. The van der Waals surface area contributed by atoms with Crippen molar-refractivity contribution in [1.82, 2.24) is 4.98 Å². The summed E-state index contributed by atoms with van der Waals surface area (Å²) in [6.07, 6.45) is 0. The number of carbonyl (C=O) groups excluding carboxylic acids is 1. The summed E-state index contributed by atoms with van der Waals surface area (Å²) in [5, 5.41) is 10.4. The normalized spacial score (nSPS) is 13.5. The van der Waals surface area contributed by atoms with E-state index in [0.29, 0.717) is 34.1 Å². The third kappa shape index (κ3) is 1.89. The van der Waals surface area contributed by atoms with Crippen LogP contribution in [0.4, 0.5) is 0 Å². The zero-order valence-corrected chi connectivity index (χ0v) is 13.8. The Bertz CT molecular complexity index is 1030. The van der Waals surface area contributed by atoms with Crippen LogP contribution in [0.2, 0.25) is 0 Å². The number of fused-ring (bicyclic) bond motifs is 1. The molecule has 24 heavy (non-hydrogen) atoms. The van der Waals surface area contributed by atoms with E-state index >= 15 is 0 Å². The number of hydrogen-bond acceptors (Lipinski definition) is 4. The maximum absolute atomic E-state index is 12.5. The quantitative estimate of drug-likeness (QED) is 0.750. The van der Waals surface area contributed by atoms with Gasteiger partial charge < -0.3 is 18.9 Å². The number of aromatic hydroxyl groups is 1. The lowest BCUT2D eigenvalue weighted by atomic mass is 10.0. The number of H-pyrrole nitrogens is 1. The number of amides is 1. The van der Waals surface area contributed by atoms with Gasteiger partial charge >= 0.3 is 0 Å². The van der Waals surface area contributed by atoms with Crippen molar-refractivity contribution >= 4 is 11.6 Å². The van der Waals surface area contributed by atoms with Crippen LogP contribution in [0.25, 0.3) is 11.5 Å². The number of nitrogens with zero attached hydrogens (tertiary/aromatic N) is 1. The van der Waals surface area contributed by atoms with Crippen LogP contribution in [0.3, 0.4) is 0 Å². The molecule has 0 bridgehead atoms. The number of hydrogen-bond donors (Lipinski definition) is 2. The van der Waals surface area contributed by atoms with Crippen molar-refractivity contribution in [2.45, 2.75) is 27.7 Å². The summed E-state index contributed by atoms with van der Waals surface area (Å²) in [6, 6.07) is 3.74. The van der Waals surface area contributed by atoms with E-state index in [9.17, 15) is 9.90 Å². The second kappa shape index (κ2) is 4.74. The van der Waals surface area contributed by atoms with Crippen molar-refractivity contribution in [3.63, 3.8) is 0 Å². The van der Waals surface area contributed by atoms with Gasteiger partial charge in [-0.05, 0) is 51.0 Å². The van der Waals surface area contributed by atoms with Crippen LogP contribution in [0, 0.1) is 27.7 Å². The summed E-state index contributed by atoms with van der Waals surface area (Å²) in [5.74, 6) is 1.93. The topological polar surface area (TPSA) is 91.7 Å². The molecule has 0 aliphatic carbocycles. The molecule has 0 atom stereocenters. The fourth-order valence-corrected chi connectivity index (χ4v) is 3.25. The minimum absolute atomic E-state index is 0.119. The van der Waals surface area contributed by atoms with Gasteiger partial charge in [-0.3, -0.25) is 4.79 Å². The predicted molar refractivity (Wildman–Crippen MR) is 87.8 cm³/mol. The number of carbonyl (C=O) groups is 1. The summed E-state index contributed by atoms with van der Waals surface area (Å²) < 4.78 is 11.4. The van der Waals surface area contributed by atoms with Crippen molar-refractivity contribution in [1.29, 1.82) is 0 Å². The maximum Gasteiger partial charge on any atom is 0.280 e. The molecule has 122 valence electrons. The molecule has 4 rings (SSSR count). The molecule has 3 aromatic rings. The lowest BCUT2D eigenvalue weighted by molar-refractivity contribution is 0.101. The van der Waals surface area contributed by atoms with Crippen LogP contribution in [0.15, 0.2) is 26.0 Å². The molecule has 0 aromatic carbocycles. The van der Waals surface area contributed by atoms with Crippen LogP contribution < -0.4 is 0 Å². The van der Waals surface area contributed by atoms with Crippen molar-refractivity contribution in [3.05, 3.63) is 51.7 Å². The van der Waals surface area contributed by atoms with Gasteiger partial charge in [-0.15, -0.1) is 0 Å². The molecule has 6 nitrogen and oxygen atoms in total. The Morgan fingerprint density at radius 1 is 0.958 bits per heavy atom. The molecule has 0 saturated carbocycles. The van der Waals surface area contributed by atoms with Crippen LogP contribution >= 0.6 is 0 Å². The highest BCUT2D eigenvalue weighted by atomic mass is 16.3. The van der Waals surface area contributed by atoms with Crippen LogP contribution in [0.1, 0.15) is 44.3 Å². The van der Waals surface area contributed by atoms with E-state index < -0.39 is 5.91 Å². The number of aryl methyl sites for hydroxylation is 4. The number of nitrogens with one attached hydrogen (secondary N) is 1. The summed E-state index contributed by atoms with van der Waals surface area (Å²) in [4.78, 5) is 19.5. The summed E-state index contributed by atoms with van der Waals surface area (Å²) >= 11 is 0. The van der Waals surface area contributed by atoms with E-state index in [4.69, 9.17) is 8.83 Å². The van der Waals surface area contributed by atoms with Gasteiger partial charge in [0.15, 0.2) is 17.4 Å². The van der Waals surface area contributed by atoms with E-state index in [1.807, 2.05) is 39.8 Å². The van der Waals surface area contributed by atoms with Gasteiger partial charge in [0.05, 0.1) is 16.8 Å². The van der Waals surface area contributed by atoms with Gasteiger partial charge in [0, 0.05) is 0 Å². The lowest BCUT2D eigenvalue weighted by Gasteiger charge is -1.98. The number of aliphatic imine (C=N–C) groups is 1.